The lowest BCUT2D eigenvalue weighted by atomic mass is 9.90. The summed E-state index contributed by atoms with van der Waals surface area (Å²) >= 11 is 0. The molecule has 6 nitrogen and oxygen atoms in total. The van der Waals surface area contributed by atoms with Crippen LogP contribution in [0.4, 0.5) is 5.69 Å². The summed E-state index contributed by atoms with van der Waals surface area (Å²) < 4.78 is 6.03. The number of carbonyl (C=O) groups excluding carboxylic acids is 2. The zero-order valence-electron chi connectivity index (χ0n) is 15.9. The second kappa shape index (κ2) is 7.98. The summed E-state index contributed by atoms with van der Waals surface area (Å²) in [6, 6.07) is 9.75. The largest absolute Gasteiger partial charge is 0.361 e. The number of rotatable bonds is 4. The highest BCUT2D eigenvalue weighted by Crippen LogP contribution is 2.32. The van der Waals surface area contributed by atoms with E-state index >= 15 is 0 Å². The minimum absolute atomic E-state index is 0.00990. The van der Waals surface area contributed by atoms with Crippen molar-refractivity contribution in [2.45, 2.75) is 37.7 Å². The Labute approximate surface area is 161 Å². The van der Waals surface area contributed by atoms with E-state index in [9.17, 15) is 9.59 Å². The SMILES string of the molecule is O=C(CCN1CCCC1)N1CCCC2(C1)CN(c1ccccc1)C(=O)CO2. The van der Waals surface area contributed by atoms with Crippen LogP contribution >= 0.6 is 0 Å². The number of hydrogen-bond acceptors (Lipinski definition) is 4. The molecule has 146 valence electrons. The van der Waals surface area contributed by atoms with Gasteiger partial charge in [0.1, 0.15) is 12.2 Å². The number of amides is 2. The molecule has 3 heterocycles. The Morgan fingerprint density at radius 2 is 1.81 bits per heavy atom. The topological polar surface area (TPSA) is 53.1 Å². The smallest absolute Gasteiger partial charge is 0.253 e. The lowest BCUT2D eigenvalue weighted by molar-refractivity contribution is -0.153. The van der Waals surface area contributed by atoms with Gasteiger partial charge in [0.2, 0.25) is 5.91 Å². The third-order valence-corrected chi connectivity index (χ3v) is 6.05. The fourth-order valence-corrected chi connectivity index (χ4v) is 4.53. The molecule has 27 heavy (non-hydrogen) atoms. The molecule has 3 fully saturated rings. The van der Waals surface area contributed by atoms with Gasteiger partial charge in [-0.25, -0.2) is 0 Å². The van der Waals surface area contributed by atoms with E-state index < -0.39 is 5.60 Å². The number of morpholine rings is 1. The first-order valence-electron chi connectivity index (χ1n) is 10.1. The highest BCUT2D eigenvalue weighted by molar-refractivity contribution is 5.95. The molecule has 6 heteroatoms. The van der Waals surface area contributed by atoms with Crippen molar-refractivity contribution in [2.24, 2.45) is 0 Å². The van der Waals surface area contributed by atoms with Crippen molar-refractivity contribution in [1.29, 1.82) is 0 Å². The van der Waals surface area contributed by atoms with Crippen LogP contribution < -0.4 is 4.90 Å². The molecular weight excluding hydrogens is 342 g/mol. The molecule has 0 N–H and O–H groups in total. The van der Waals surface area contributed by atoms with E-state index in [-0.39, 0.29) is 18.4 Å². The third-order valence-electron chi connectivity index (χ3n) is 6.05. The summed E-state index contributed by atoms with van der Waals surface area (Å²) in [5.41, 5.74) is 0.466. The first-order valence-corrected chi connectivity index (χ1v) is 10.1. The Morgan fingerprint density at radius 3 is 2.59 bits per heavy atom. The van der Waals surface area contributed by atoms with Crippen molar-refractivity contribution >= 4 is 17.5 Å². The van der Waals surface area contributed by atoms with E-state index in [1.165, 1.54) is 12.8 Å². The predicted molar refractivity (Wildman–Crippen MR) is 104 cm³/mol. The number of benzene rings is 1. The van der Waals surface area contributed by atoms with Gasteiger partial charge < -0.3 is 19.4 Å². The molecule has 0 radical (unpaired) electrons. The summed E-state index contributed by atoms with van der Waals surface area (Å²) in [5.74, 6) is 0.206. The van der Waals surface area contributed by atoms with Crippen LogP contribution in [-0.2, 0) is 14.3 Å². The lowest BCUT2D eigenvalue weighted by Crippen LogP contribution is -2.62. The second-order valence-electron chi connectivity index (χ2n) is 8.00. The summed E-state index contributed by atoms with van der Waals surface area (Å²) in [4.78, 5) is 31.3. The molecule has 1 spiro atoms. The molecule has 4 rings (SSSR count). The summed E-state index contributed by atoms with van der Waals surface area (Å²) in [5, 5.41) is 0. The molecule has 3 aliphatic rings. The van der Waals surface area contributed by atoms with Gasteiger partial charge in [0.25, 0.3) is 5.91 Å². The molecule has 3 saturated heterocycles. The van der Waals surface area contributed by atoms with Crippen LogP contribution in [0.25, 0.3) is 0 Å². The van der Waals surface area contributed by atoms with Gasteiger partial charge in [-0.3, -0.25) is 9.59 Å². The van der Waals surface area contributed by atoms with Crippen LogP contribution in [0.5, 0.6) is 0 Å². The standard InChI is InChI=1S/C21H29N3O3/c25-19(9-14-22-11-4-5-12-22)23-13-6-10-21(16-23)17-24(20(26)15-27-21)18-7-2-1-3-8-18/h1-3,7-8H,4-6,9-17H2. The minimum Gasteiger partial charge on any atom is -0.361 e. The van der Waals surface area contributed by atoms with Gasteiger partial charge in [-0.15, -0.1) is 0 Å². The average Bonchev–Trinajstić information content (AvgIpc) is 3.23. The molecule has 0 bridgehead atoms. The highest BCUT2D eigenvalue weighted by Gasteiger charge is 2.44. The van der Waals surface area contributed by atoms with Gasteiger partial charge in [-0.05, 0) is 50.9 Å². The van der Waals surface area contributed by atoms with E-state index in [1.54, 1.807) is 0 Å². The summed E-state index contributed by atoms with van der Waals surface area (Å²) in [7, 11) is 0. The Bertz CT molecular complexity index is 675. The monoisotopic (exact) mass is 371 g/mol. The van der Waals surface area contributed by atoms with E-state index in [2.05, 4.69) is 4.90 Å². The molecule has 0 saturated carbocycles. The molecule has 0 aliphatic carbocycles. The Kier molecular flexibility index (Phi) is 5.45. The molecule has 0 aromatic heterocycles. The maximum atomic E-state index is 12.8. The molecule has 3 aliphatic heterocycles. The predicted octanol–water partition coefficient (Wildman–Crippen LogP) is 1.90. The molecule has 1 aromatic carbocycles. The Morgan fingerprint density at radius 1 is 1.04 bits per heavy atom. The normalized spacial score (nSPS) is 26.7. The number of ether oxygens (including phenoxy) is 1. The third kappa shape index (κ3) is 4.17. The van der Waals surface area contributed by atoms with Crippen LogP contribution in [0.15, 0.2) is 30.3 Å². The van der Waals surface area contributed by atoms with Gasteiger partial charge in [0, 0.05) is 25.2 Å². The summed E-state index contributed by atoms with van der Waals surface area (Å²) in [6.45, 7) is 5.09. The number of nitrogens with zero attached hydrogens (tertiary/aromatic N) is 3. The Hall–Kier alpha value is -1.92. The van der Waals surface area contributed by atoms with Crippen molar-refractivity contribution in [3.63, 3.8) is 0 Å². The fraction of sp³-hybridized carbons (Fsp3) is 0.619. The van der Waals surface area contributed by atoms with Crippen molar-refractivity contribution in [2.75, 3.05) is 50.8 Å². The molecule has 1 unspecified atom stereocenters. The number of hydrogen-bond donors (Lipinski definition) is 0. The van der Waals surface area contributed by atoms with Gasteiger partial charge >= 0.3 is 0 Å². The van der Waals surface area contributed by atoms with Crippen molar-refractivity contribution in [3.05, 3.63) is 30.3 Å². The zero-order chi connectivity index (χ0) is 18.7. The van der Waals surface area contributed by atoms with E-state index in [4.69, 9.17) is 4.74 Å². The van der Waals surface area contributed by atoms with Crippen molar-refractivity contribution in [3.8, 4) is 0 Å². The zero-order valence-corrected chi connectivity index (χ0v) is 15.9. The van der Waals surface area contributed by atoms with Crippen LogP contribution in [0, 0.1) is 0 Å². The molecule has 1 aromatic rings. The van der Waals surface area contributed by atoms with Crippen molar-refractivity contribution < 1.29 is 14.3 Å². The average molecular weight is 371 g/mol. The highest BCUT2D eigenvalue weighted by atomic mass is 16.5. The quantitative estimate of drug-likeness (QED) is 0.811. The summed E-state index contributed by atoms with van der Waals surface area (Å²) in [6.07, 6.45) is 4.89. The van der Waals surface area contributed by atoms with Crippen LogP contribution in [-0.4, -0.2) is 73.1 Å². The Balaban J connectivity index is 1.40. The number of para-hydroxylation sites is 1. The van der Waals surface area contributed by atoms with Crippen LogP contribution in [0.1, 0.15) is 32.1 Å². The van der Waals surface area contributed by atoms with Gasteiger partial charge in [-0.1, -0.05) is 18.2 Å². The number of anilines is 1. The van der Waals surface area contributed by atoms with Crippen LogP contribution in [0.3, 0.4) is 0 Å². The van der Waals surface area contributed by atoms with Crippen molar-refractivity contribution in [1.82, 2.24) is 9.80 Å². The first kappa shape index (κ1) is 18.4. The molecule has 1 atom stereocenters. The second-order valence-corrected chi connectivity index (χ2v) is 8.00. The van der Waals surface area contributed by atoms with Gasteiger partial charge in [0.15, 0.2) is 0 Å². The maximum Gasteiger partial charge on any atom is 0.253 e. The van der Waals surface area contributed by atoms with E-state index in [0.29, 0.717) is 19.5 Å². The molecular formula is C21H29N3O3. The van der Waals surface area contributed by atoms with Gasteiger partial charge in [-0.2, -0.15) is 0 Å². The van der Waals surface area contributed by atoms with E-state index in [1.807, 2.05) is 40.1 Å². The number of piperidine rings is 1. The molecule has 2 amide bonds. The van der Waals surface area contributed by atoms with Gasteiger partial charge in [0.05, 0.1) is 13.1 Å². The van der Waals surface area contributed by atoms with E-state index in [0.717, 1.165) is 44.7 Å². The maximum absolute atomic E-state index is 12.8. The first-order chi connectivity index (χ1) is 13.2. The van der Waals surface area contributed by atoms with Crippen LogP contribution in [0.2, 0.25) is 0 Å². The number of likely N-dealkylation sites (tertiary alicyclic amines) is 2. The fourth-order valence-electron chi connectivity index (χ4n) is 4.53. The number of carbonyl (C=O) groups is 2. The minimum atomic E-state index is -0.439. The lowest BCUT2D eigenvalue weighted by Gasteiger charge is -2.47.